The summed E-state index contributed by atoms with van der Waals surface area (Å²) in [6, 6.07) is 0. The molecule has 0 saturated heterocycles. The van der Waals surface area contributed by atoms with Gasteiger partial charge in [-0.05, 0) is 29.2 Å². The number of carboxylic acid groups (broad SMARTS) is 1. The van der Waals surface area contributed by atoms with Gasteiger partial charge in [0, 0.05) is 7.05 Å². The summed E-state index contributed by atoms with van der Waals surface area (Å²) in [5, 5.41) is 14.9. The highest BCUT2D eigenvalue weighted by Crippen LogP contribution is 2.47. The topological polar surface area (TPSA) is 49.3 Å². The second kappa shape index (κ2) is 3.52. The van der Waals surface area contributed by atoms with Crippen LogP contribution in [0.5, 0.6) is 0 Å². The van der Waals surface area contributed by atoms with Crippen molar-refractivity contribution in [3.63, 3.8) is 0 Å². The van der Waals surface area contributed by atoms with Crippen molar-refractivity contribution in [3.8, 4) is 0 Å². The molecule has 0 aromatic carbocycles. The van der Waals surface area contributed by atoms with Crippen molar-refractivity contribution < 1.29 is 9.90 Å². The molecule has 0 amide bonds. The molecular weight excluding hydrogens is 210 g/mol. The van der Waals surface area contributed by atoms with Gasteiger partial charge in [0.15, 0.2) is 0 Å². The van der Waals surface area contributed by atoms with Crippen LogP contribution in [0, 0.1) is 0 Å². The van der Waals surface area contributed by atoms with Crippen LogP contribution in [0.2, 0.25) is 0 Å². The Kier molecular flexibility index (Phi) is 2.46. The van der Waals surface area contributed by atoms with Crippen LogP contribution in [0.4, 0.5) is 5.00 Å². The van der Waals surface area contributed by atoms with Gasteiger partial charge >= 0.3 is 5.97 Å². The maximum absolute atomic E-state index is 11.2. The van der Waals surface area contributed by atoms with Crippen LogP contribution in [-0.4, -0.2) is 18.1 Å². The average molecular weight is 225 g/mol. The standard InChI is InChI=1S/C11H15NO2S/c1-11(4-3-5-11)7-6-15-9(12-2)8(7)10(13)14/h6,12H,3-5H2,1-2H3,(H,13,14). The van der Waals surface area contributed by atoms with E-state index in [0.29, 0.717) is 5.56 Å². The normalized spacial score (nSPS) is 18.3. The van der Waals surface area contributed by atoms with Crippen LogP contribution in [-0.2, 0) is 5.41 Å². The highest BCUT2D eigenvalue weighted by atomic mass is 32.1. The first kappa shape index (κ1) is 10.5. The predicted octanol–water partition coefficient (Wildman–Crippen LogP) is 2.93. The first-order valence-electron chi connectivity index (χ1n) is 5.11. The average Bonchev–Trinajstić information content (AvgIpc) is 2.57. The third-order valence-corrected chi connectivity index (χ3v) is 4.34. The first-order chi connectivity index (χ1) is 7.08. The van der Waals surface area contributed by atoms with E-state index in [0.717, 1.165) is 23.4 Å². The Bertz CT molecular complexity index is 393. The molecule has 1 aromatic heterocycles. The summed E-state index contributed by atoms with van der Waals surface area (Å²) >= 11 is 1.49. The number of carboxylic acids is 1. The number of hydrogen-bond donors (Lipinski definition) is 2. The van der Waals surface area contributed by atoms with Crippen molar-refractivity contribution in [3.05, 3.63) is 16.5 Å². The fourth-order valence-electron chi connectivity index (χ4n) is 2.17. The summed E-state index contributed by atoms with van der Waals surface area (Å²) in [5.74, 6) is -0.816. The van der Waals surface area contributed by atoms with E-state index >= 15 is 0 Å². The SMILES string of the molecule is CNc1scc(C2(C)CCC2)c1C(=O)O. The molecule has 2 N–H and O–H groups in total. The van der Waals surface area contributed by atoms with Gasteiger partial charge in [0.2, 0.25) is 0 Å². The molecule has 1 fully saturated rings. The van der Waals surface area contributed by atoms with E-state index in [-0.39, 0.29) is 5.41 Å². The molecule has 0 atom stereocenters. The Labute approximate surface area is 93.1 Å². The van der Waals surface area contributed by atoms with Gasteiger partial charge in [-0.15, -0.1) is 11.3 Å². The summed E-state index contributed by atoms with van der Waals surface area (Å²) in [6.07, 6.45) is 3.42. The molecule has 0 spiro atoms. The van der Waals surface area contributed by atoms with Crippen molar-refractivity contribution in [1.29, 1.82) is 0 Å². The molecular formula is C11H15NO2S. The van der Waals surface area contributed by atoms with Crippen LogP contribution in [0.1, 0.15) is 42.1 Å². The van der Waals surface area contributed by atoms with Crippen molar-refractivity contribution in [2.24, 2.45) is 0 Å². The van der Waals surface area contributed by atoms with Crippen molar-refractivity contribution in [1.82, 2.24) is 0 Å². The van der Waals surface area contributed by atoms with Crippen molar-refractivity contribution >= 4 is 22.3 Å². The van der Waals surface area contributed by atoms with Crippen molar-refractivity contribution in [2.45, 2.75) is 31.6 Å². The molecule has 0 bridgehead atoms. The van der Waals surface area contributed by atoms with Gasteiger partial charge in [-0.25, -0.2) is 4.79 Å². The zero-order valence-electron chi connectivity index (χ0n) is 8.96. The molecule has 0 aliphatic heterocycles. The minimum absolute atomic E-state index is 0.0966. The third kappa shape index (κ3) is 1.53. The van der Waals surface area contributed by atoms with Gasteiger partial charge in [-0.2, -0.15) is 0 Å². The molecule has 82 valence electrons. The maximum atomic E-state index is 11.2. The lowest BCUT2D eigenvalue weighted by atomic mass is 9.66. The second-order valence-corrected chi connectivity index (χ2v) is 5.20. The minimum atomic E-state index is -0.816. The van der Waals surface area contributed by atoms with Crippen LogP contribution in [0.25, 0.3) is 0 Å². The van der Waals surface area contributed by atoms with Gasteiger partial charge < -0.3 is 10.4 Å². The number of carbonyl (C=O) groups is 1. The van der Waals surface area contributed by atoms with E-state index in [1.54, 1.807) is 7.05 Å². The Morgan fingerprint density at radius 3 is 2.67 bits per heavy atom. The number of rotatable bonds is 3. The monoisotopic (exact) mass is 225 g/mol. The van der Waals surface area contributed by atoms with E-state index in [1.807, 2.05) is 5.38 Å². The van der Waals surface area contributed by atoms with E-state index < -0.39 is 5.97 Å². The van der Waals surface area contributed by atoms with E-state index in [4.69, 9.17) is 0 Å². The zero-order valence-corrected chi connectivity index (χ0v) is 9.78. The Balaban J connectivity index is 2.47. The number of hydrogen-bond acceptors (Lipinski definition) is 3. The molecule has 15 heavy (non-hydrogen) atoms. The summed E-state index contributed by atoms with van der Waals surface area (Å²) in [6.45, 7) is 2.16. The van der Waals surface area contributed by atoms with Gasteiger partial charge in [-0.1, -0.05) is 13.3 Å². The third-order valence-electron chi connectivity index (χ3n) is 3.34. The van der Waals surface area contributed by atoms with Gasteiger partial charge in [0.05, 0.1) is 5.56 Å². The van der Waals surface area contributed by atoms with E-state index in [9.17, 15) is 9.90 Å². The number of aromatic carboxylic acids is 1. The van der Waals surface area contributed by atoms with Crippen molar-refractivity contribution in [2.75, 3.05) is 12.4 Å². The number of nitrogens with one attached hydrogen (secondary N) is 1. The van der Waals surface area contributed by atoms with Crippen LogP contribution in [0.3, 0.4) is 0 Å². The molecule has 0 unspecified atom stereocenters. The largest absolute Gasteiger partial charge is 0.478 e. The molecule has 4 heteroatoms. The second-order valence-electron chi connectivity index (χ2n) is 4.32. The summed E-state index contributed by atoms with van der Waals surface area (Å²) in [5.41, 5.74) is 1.58. The van der Waals surface area contributed by atoms with E-state index in [2.05, 4.69) is 12.2 Å². The van der Waals surface area contributed by atoms with Crippen LogP contribution < -0.4 is 5.32 Å². The van der Waals surface area contributed by atoms with Crippen LogP contribution >= 0.6 is 11.3 Å². The summed E-state index contributed by atoms with van der Waals surface area (Å²) in [7, 11) is 1.77. The number of thiophene rings is 1. The number of anilines is 1. The predicted molar refractivity (Wildman–Crippen MR) is 62.0 cm³/mol. The summed E-state index contributed by atoms with van der Waals surface area (Å²) < 4.78 is 0. The molecule has 3 nitrogen and oxygen atoms in total. The fourth-order valence-corrected chi connectivity index (χ4v) is 3.25. The van der Waals surface area contributed by atoms with Gasteiger partial charge in [0.1, 0.15) is 5.00 Å². The smallest absolute Gasteiger partial charge is 0.339 e. The lowest BCUT2D eigenvalue weighted by Gasteiger charge is -2.38. The maximum Gasteiger partial charge on any atom is 0.339 e. The molecule has 0 radical (unpaired) electrons. The lowest BCUT2D eigenvalue weighted by molar-refractivity contribution is 0.0693. The molecule has 2 rings (SSSR count). The highest BCUT2D eigenvalue weighted by Gasteiger charge is 2.38. The zero-order chi connectivity index (χ0) is 11.1. The quantitative estimate of drug-likeness (QED) is 0.831. The molecule has 1 aliphatic rings. The lowest BCUT2D eigenvalue weighted by Crippen LogP contribution is -2.31. The molecule has 1 aromatic rings. The summed E-state index contributed by atoms with van der Waals surface area (Å²) in [4.78, 5) is 11.2. The Morgan fingerprint density at radius 1 is 1.60 bits per heavy atom. The highest BCUT2D eigenvalue weighted by molar-refractivity contribution is 7.14. The molecule has 1 saturated carbocycles. The molecule has 1 heterocycles. The fraction of sp³-hybridized carbons (Fsp3) is 0.545. The van der Waals surface area contributed by atoms with Gasteiger partial charge in [-0.3, -0.25) is 0 Å². The Morgan fingerprint density at radius 2 is 2.27 bits per heavy atom. The minimum Gasteiger partial charge on any atom is -0.478 e. The van der Waals surface area contributed by atoms with Crippen LogP contribution in [0.15, 0.2) is 5.38 Å². The van der Waals surface area contributed by atoms with E-state index in [1.165, 1.54) is 17.8 Å². The van der Waals surface area contributed by atoms with Gasteiger partial charge in [0.25, 0.3) is 0 Å². The Hall–Kier alpha value is -1.03. The molecule has 1 aliphatic carbocycles. The first-order valence-corrected chi connectivity index (χ1v) is 5.99.